The molecule has 2 heterocycles. The van der Waals surface area contributed by atoms with Crippen LogP contribution in [-0.2, 0) is 17.8 Å². The fraction of sp³-hybridized carbons (Fsp3) is 0.364. The van der Waals surface area contributed by atoms with Gasteiger partial charge >= 0.3 is 5.97 Å². The van der Waals surface area contributed by atoms with Crippen molar-refractivity contribution in [3.05, 3.63) is 35.9 Å². The summed E-state index contributed by atoms with van der Waals surface area (Å²) in [5.41, 5.74) is 1.40. The van der Waals surface area contributed by atoms with Crippen molar-refractivity contribution in [2.75, 3.05) is 13.7 Å². The molecule has 0 saturated carbocycles. The summed E-state index contributed by atoms with van der Waals surface area (Å²) < 4.78 is 6.37. The molecule has 0 amide bonds. The number of methoxy groups -OCH3 is 1. The second-order valence-electron chi connectivity index (χ2n) is 3.73. The number of rotatable bonds is 6. The third-order valence-electron chi connectivity index (χ3n) is 2.46. The van der Waals surface area contributed by atoms with Crippen molar-refractivity contribution in [3.8, 4) is 0 Å². The minimum absolute atomic E-state index is 0.358. The van der Waals surface area contributed by atoms with Gasteiger partial charge in [0.25, 0.3) is 0 Å². The summed E-state index contributed by atoms with van der Waals surface area (Å²) in [6, 6.07) is 3.56. The van der Waals surface area contributed by atoms with Gasteiger partial charge in [-0.2, -0.15) is 0 Å². The van der Waals surface area contributed by atoms with Crippen molar-refractivity contribution in [1.82, 2.24) is 25.3 Å². The van der Waals surface area contributed by atoms with Crippen molar-refractivity contribution >= 4 is 5.97 Å². The zero-order chi connectivity index (χ0) is 12.8. The van der Waals surface area contributed by atoms with Gasteiger partial charge in [0.05, 0.1) is 19.9 Å². The minimum atomic E-state index is -0.358. The predicted octanol–water partition coefficient (Wildman–Crippen LogP) is 0.183. The van der Waals surface area contributed by atoms with Crippen LogP contribution in [0.3, 0.4) is 0 Å². The lowest BCUT2D eigenvalue weighted by molar-refractivity contribution is 0.0594. The molecule has 7 nitrogen and oxygen atoms in total. The molecule has 0 aliphatic heterocycles. The van der Waals surface area contributed by atoms with Crippen LogP contribution in [0.4, 0.5) is 0 Å². The topological polar surface area (TPSA) is 84.8 Å². The number of carbonyl (C=O) groups excluding carboxylic acids is 1. The highest BCUT2D eigenvalue weighted by Crippen LogP contribution is 2.02. The highest BCUT2D eigenvalue weighted by molar-refractivity contribution is 5.87. The number of ether oxygens (including phenoxy) is 1. The van der Waals surface area contributed by atoms with E-state index < -0.39 is 0 Å². The van der Waals surface area contributed by atoms with E-state index in [-0.39, 0.29) is 5.97 Å². The molecule has 0 spiro atoms. The molecule has 7 heteroatoms. The Labute approximate surface area is 104 Å². The van der Waals surface area contributed by atoms with Crippen molar-refractivity contribution in [1.29, 1.82) is 0 Å². The van der Waals surface area contributed by atoms with E-state index in [0.717, 1.165) is 18.8 Å². The van der Waals surface area contributed by atoms with Crippen molar-refractivity contribution < 1.29 is 9.53 Å². The van der Waals surface area contributed by atoms with Crippen LogP contribution in [-0.4, -0.2) is 39.6 Å². The van der Waals surface area contributed by atoms with E-state index in [1.807, 2.05) is 12.3 Å². The first-order valence-electron chi connectivity index (χ1n) is 5.60. The first kappa shape index (κ1) is 12.3. The van der Waals surface area contributed by atoms with Gasteiger partial charge in [0, 0.05) is 25.0 Å². The van der Waals surface area contributed by atoms with Crippen LogP contribution in [0.5, 0.6) is 0 Å². The summed E-state index contributed by atoms with van der Waals surface area (Å²) in [5, 5.41) is 10.8. The summed E-state index contributed by atoms with van der Waals surface area (Å²) >= 11 is 0. The van der Waals surface area contributed by atoms with Crippen LogP contribution in [0, 0.1) is 0 Å². The lowest BCUT2D eigenvalue weighted by Gasteiger charge is -2.03. The molecule has 0 aliphatic rings. The van der Waals surface area contributed by atoms with Crippen LogP contribution in [0.15, 0.2) is 24.5 Å². The first-order valence-corrected chi connectivity index (χ1v) is 5.60. The second kappa shape index (κ2) is 5.97. The van der Waals surface area contributed by atoms with Gasteiger partial charge in [0.15, 0.2) is 0 Å². The van der Waals surface area contributed by atoms with Gasteiger partial charge in [-0.15, -0.1) is 5.10 Å². The molecule has 96 valence electrons. The summed E-state index contributed by atoms with van der Waals surface area (Å²) in [4.78, 5) is 14.2. The van der Waals surface area contributed by atoms with Crippen molar-refractivity contribution in [2.24, 2.45) is 0 Å². The monoisotopic (exact) mass is 249 g/mol. The molecule has 2 aromatic heterocycles. The zero-order valence-electron chi connectivity index (χ0n) is 10.1. The number of aromatic nitrogens is 4. The molecule has 0 aliphatic carbocycles. The van der Waals surface area contributed by atoms with Crippen molar-refractivity contribution in [3.63, 3.8) is 0 Å². The number of aromatic amines is 1. The maximum absolute atomic E-state index is 11.2. The SMILES string of the molecule is COC(=O)c1ccc(CNCCn2ccnn2)[nH]1. The molecule has 2 aromatic rings. The average Bonchev–Trinajstić information content (AvgIpc) is 3.05. The molecule has 0 unspecified atom stereocenters. The van der Waals surface area contributed by atoms with E-state index in [1.165, 1.54) is 7.11 Å². The average molecular weight is 249 g/mol. The molecule has 2 N–H and O–H groups in total. The Morgan fingerprint density at radius 1 is 1.56 bits per heavy atom. The van der Waals surface area contributed by atoms with Crippen LogP contribution in [0.2, 0.25) is 0 Å². The third kappa shape index (κ3) is 3.17. The number of nitrogens with zero attached hydrogens (tertiary/aromatic N) is 3. The van der Waals surface area contributed by atoms with Gasteiger partial charge in [-0.05, 0) is 12.1 Å². The lowest BCUT2D eigenvalue weighted by atomic mass is 10.4. The zero-order valence-corrected chi connectivity index (χ0v) is 10.1. The minimum Gasteiger partial charge on any atom is -0.464 e. The number of hydrogen-bond donors (Lipinski definition) is 2. The highest BCUT2D eigenvalue weighted by Gasteiger charge is 2.07. The summed E-state index contributed by atoms with van der Waals surface area (Å²) in [6.45, 7) is 2.19. The Balaban J connectivity index is 1.73. The maximum Gasteiger partial charge on any atom is 0.354 e. The second-order valence-corrected chi connectivity index (χ2v) is 3.73. The van der Waals surface area contributed by atoms with E-state index >= 15 is 0 Å². The van der Waals surface area contributed by atoms with Gasteiger partial charge in [-0.25, -0.2) is 4.79 Å². The molecular formula is C11H15N5O2. The maximum atomic E-state index is 11.2. The van der Waals surface area contributed by atoms with Gasteiger partial charge < -0.3 is 15.0 Å². The van der Waals surface area contributed by atoms with Crippen LogP contribution >= 0.6 is 0 Å². The molecule has 0 bridgehead atoms. The number of carbonyl (C=O) groups is 1. The van der Waals surface area contributed by atoms with Gasteiger partial charge in [-0.3, -0.25) is 4.68 Å². The molecule has 0 aromatic carbocycles. The third-order valence-corrected chi connectivity index (χ3v) is 2.46. The van der Waals surface area contributed by atoms with Crippen LogP contribution in [0.25, 0.3) is 0 Å². The predicted molar refractivity (Wildman–Crippen MR) is 63.9 cm³/mol. The molecule has 0 saturated heterocycles. The lowest BCUT2D eigenvalue weighted by Crippen LogP contribution is -2.20. The smallest absolute Gasteiger partial charge is 0.354 e. The van der Waals surface area contributed by atoms with E-state index in [4.69, 9.17) is 0 Å². The Kier molecular flexibility index (Phi) is 4.08. The van der Waals surface area contributed by atoms with E-state index in [0.29, 0.717) is 12.2 Å². The Bertz CT molecular complexity index is 491. The van der Waals surface area contributed by atoms with Crippen molar-refractivity contribution in [2.45, 2.75) is 13.1 Å². The first-order chi connectivity index (χ1) is 8.79. The summed E-state index contributed by atoms with van der Waals surface area (Å²) in [6.07, 6.45) is 3.46. The standard InChI is InChI=1S/C11H15N5O2/c1-18-11(17)10-3-2-9(14-10)8-12-4-6-16-7-5-13-15-16/h2-3,5,7,12,14H,4,6,8H2,1H3. The largest absolute Gasteiger partial charge is 0.464 e. The molecular weight excluding hydrogens is 234 g/mol. The quantitative estimate of drug-likeness (QED) is 0.563. The highest BCUT2D eigenvalue weighted by atomic mass is 16.5. The van der Waals surface area contributed by atoms with Crippen LogP contribution in [0.1, 0.15) is 16.2 Å². The fourth-order valence-electron chi connectivity index (χ4n) is 1.54. The van der Waals surface area contributed by atoms with Crippen LogP contribution < -0.4 is 5.32 Å². The summed E-state index contributed by atoms with van der Waals surface area (Å²) in [7, 11) is 1.36. The van der Waals surface area contributed by atoms with E-state index in [9.17, 15) is 4.79 Å². The molecule has 2 rings (SSSR count). The van der Waals surface area contributed by atoms with Gasteiger partial charge in [0.2, 0.25) is 0 Å². The Morgan fingerprint density at radius 3 is 3.17 bits per heavy atom. The molecule has 0 radical (unpaired) electrons. The van der Waals surface area contributed by atoms with E-state index in [2.05, 4.69) is 25.3 Å². The van der Waals surface area contributed by atoms with E-state index in [1.54, 1.807) is 16.9 Å². The molecule has 0 fully saturated rings. The van der Waals surface area contributed by atoms with Gasteiger partial charge in [0.1, 0.15) is 5.69 Å². The number of hydrogen-bond acceptors (Lipinski definition) is 5. The van der Waals surface area contributed by atoms with Gasteiger partial charge in [-0.1, -0.05) is 5.21 Å². The molecule has 0 atom stereocenters. The Morgan fingerprint density at radius 2 is 2.44 bits per heavy atom. The number of esters is 1. The number of H-pyrrole nitrogens is 1. The fourth-order valence-corrected chi connectivity index (χ4v) is 1.54. The molecule has 18 heavy (non-hydrogen) atoms. The normalized spacial score (nSPS) is 10.5. The Hall–Kier alpha value is -2.15. The summed E-state index contributed by atoms with van der Waals surface area (Å²) in [5.74, 6) is -0.358. The number of nitrogens with one attached hydrogen (secondary N) is 2.